The molecule has 0 saturated carbocycles. The van der Waals surface area contributed by atoms with Crippen molar-refractivity contribution in [1.29, 1.82) is 0 Å². The summed E-state index contributed by atoms with van der Waals surface area (Å²) < 4.78 is 0. The molecule has 0 atom stereocenters. The first kappa shape index (κ1) is 6.21. The Morgan fingerprint density at radius 3 is 2.71 bits per heavy atom. The van der Waals surface area contributed by atoms with E-state index in [1.807, 2.05) is 6.92 Å². The third-order valence-electron chi connectivity index (χ3n) is 0.487. The maximum absolute atomic E-state index is 9.56. The van der Waals surface area contributed by atoms with Gasteiger partial charge in [0.2, 0.25) is 6.41 Å². The number of carbonyl (C=O) groups excluding carboxylic acids is 1. The van der Waals surface area contributed by atoms with Crippen molar-refractivity contribution in [2.45, 2.75) is 6.92 Å². The predicted octanol–water partition coefficient (Wildman–Crippen LogP) is 0.309. The van der Waals surface area contributed by atoms with Crippen LogP contribution in [-0.2, 0) is 4.79 Å². The summed E-state index contributed by atoms with van der Waals surface area (Å²) in [4.78, 5) is 9.56. The van der Waals surface area contributed by atoms with Gasteiger partial charge >= 0.3 is 0 Å². The molecular formula is C5H9NO. The summed E-state index contributed by atoms with van der Waals surface area (Å²) in [5.74, 6) is 0. The van der Waals surface area contributed by atoms with E-state index in [0.29, 0.717) is 13.0 Å². The third-order valence-corrected chi connectivity index (χ3v) is 0.487. The van der Waals surface area contributed by atoms with Crippen molar-refractivity contribution in [3.63, 3.8) is 0 Å². The molecule has 0 radical (unpaired) electrons. The highest BCUT2D eigenvalue weighted by molar-refractivity contribution is 5.46. The third kappa shape index (κ3) is 5.21. The van der Waals surface area contributed by atoms with Crippen LogP contribution in [0.3, 0.4) is 0 Å². The van der Waals surface area contributed by atoms with Crippen molar-refractivity contribution < 1.29 is 4.79 Å². The van der Waals surface area contributed by atoms with Crippen molar-refractivity contribution >= 4 is 6.41 Å². The highest BCUT2D eigenvalue weighted by Gasteiger charge is 1.77. The minimum Gasteiger partial charge on any atom is -0.355 e. The molecule has 0 bridgehead atoms. The zero-order valence-corrected chi connectivity index (χ0v) is 4.40. The van der Waals surface area contributed by atoms with Gasteiger partial charge in [0.25, 0.3) is 0 Å². The first-order chi connectivity index (χ1) is 3.27. The summed E-state index contributed by atoms with van der Waals surface area (Å²) in [5, 5.41) is 2.47. The van der Waals surface area contributed by atoms with E-state index in [1.165, 1.54) is 0 Å². The van der Waals surface area contributed by atoms with E-state index >= 15 is 0 Å². The molecule has 0 aliphatic heterocycles. The van der Waals surface area contributed by atoms with Crippen molar-refractivity contribution in [2.75, 3.05) is 6.54 Å². The number of nitrogens with one attached hydrogen (secondary N) is 1. The number of amides is 1. The molecule has 1 amide bonds. The summed E-state index contributed by atoms with van der Waals surface area (Å²) in [7, 11) is 0. The molecule has 0 heterocycles. The van der Waals surface area contributed by atoms with Gasteiger partial charge in [0, 0.05) is 6.54 Å². The van der Waals surface area contributed by atoms with Crippen LogP contribution in [0.15, 0.2) is 12.2 Å². The Bertz CT molecular complexity index is 78.1. The van der Waals surface area contributed by atoms with Gasteiger partial charge in [-0.2, -0.15) is 0 Å². The van der Waals surface area contributed by atoms with Crippen LogP contribution in [0.5, 0.6) is 0 Å². The molecule has 2 nitrogen and oxygen atoms in total. The summed E-state index contributed by atoms with van der Waals surface area (Å²) in [5.41, 5.74) is 0.965. The topological polar surface area (TPSA) is 29.1 Å². The van der Waals surface area contributed by atoms with Crippen molar-refractivity contribution in [2.24, 2.45) is 0 Å². The van der Waals surface area contributed by atoms with Gasteiger partial charge in [-0.1, -0.05) is 12.2 Å². The zero-order chi connectivity index (χ0) is 5.70. The quantitative estimate of drug-likeness (QED) is 0.400. The van der Waals surface area contributed by atoms with Crippen LogP contribution in [0.1, 0.15) is 6.92 Å². The molecular weight excluding hydrogens is 90.1 g/mol. The fourth-order valence-electron chi connectivity index (χ4n) is 0.216. The summed E-state index contributed by atoms with van der Waals surface area (Å²) in [6.07, 6.45) is 0.661. The second-order valence-electron chi connectivity index (χ2n) is 1.46. The molecule has 40 valence electrons. The largest absolute Gasteiger partial charge is 0.355 e. The Morgan fingerprint density at radius 2 is 2.57 bits per heavy atom. The zero-order valence-electron chi connectivity index (χ0n) is 4.40. The molecule has 0 fully saturated rings. The Morgan fingerprint density at radius 1 is 2.00 bits per heavy atom. The average Bonchev–Trinajstić information content (AvgIpc) is 1.61. The molecule has 0 aliphatic rings. The van der Waals surface area contributed by atoms with E-state index in [0.717, 1.165) is 5.57 Å². The molecule has 0 aliphatic carbocycles. The van der Waals surface area contributed by atoms with Gasteiger partial charge < -0.3 is 5.32 Å². The van der Waals surface area contributed by atoms with Crippen LogP contribution in [-0.4, -0.2) is 13.0 Å². The number of carbonyl (C=O) groups is 1. The maximum Gasteiger partial charge on any atom is 0.207 e. The van der Waals surface area contributed by atoms with Crippen LogP contribution in [0.4, 0.5) is 0 Å². The monoisotopic (exact) mass is 99.1 g/mol. The summed E-state index contributed by atoms with van der Waals surface area (Å²) in [6, 6.07) is 0. The lowest BCUT2D eigenvalue weighted by Gasteiger charge is -1.91. The Balaban J connectivity index is 2.97. The van der Waals surface area contributed by atoms with E-state index in [9.17, 15) is 4.79 Å². The molecule has 0 aromatic rings. The predicted molar refractivity (Wildman–Crippen MR) is 28.9 cm³/mol. The van der Waals surface area contributed by atoms with E-state index in [2.05, 4.69) is 11.9 Å². The van der Waals surface area contributed by atoms with E-state index in [4.69, 9.17) is 0 Å². The van der Waals surface area contributed by atoms with Crippen LogP contribution in [0.25, 0.3) is 0 Å². The molecule has 0 saturated heterocycles. The van der Waals surface area contributed by atoms with Gasteiger partial charge in [0.15, 0.2) is 0 Å². The van der Waals surface area contributed by atoms with Crippen LogP contribution < -0.4 is 5.32 Å². The Labute approximate surface area is 43.2 Å². The minimum atomic E-state index is 0.587. The molecule has 1 N–H and O–H groups in total. The first-order valence-electron chi connectivity index (χ1n) is 2.09. The van der Waals surface area contributed by atoms with Crippen LogP contribution in [0.2, 0.25) is 0 Å². The van der Waals surface area contributed by atoms with Gasteiger partial charge in [-0.15, -0.1) is 0 Å². The SMILES string of the molecule is C=C(C)CNC=O. The molecule has 2 heteroatoms. The van der Waals surface area contributed by atoms with Crippen LogP contribution in [0, 0.1) is 0 Å². The van der Waals surface area contributed by atoms with Crippen molar-refractivity contribution in [3.8, 4) is 0 Å². The van der Waals surface area contributed by atoms with E-state index < -0.39 is 0 Å². The number of hydrogen-bond acceptors (Lipinski definition) is 1. The minimum absolute atomic E-state index is 0.587. The molecule has 0 rings (SSSR count). The lowest BCUT2D eigenvalue weighted by molar-refractivity contribution is -0.109. The van der Waals surface area contributed by atoms with Gasteiger partial charge in [0.1, 0.15) is 0 Å². The molecule has 0 unspecified atom stereocenters. The summed E-state index contributed by atoms with van der Waals surface area (Å²) >= 11 is 0. The summed E-state index contributed by atoms with van der Waals surface area (Å²) in [6.45, 7) is 6.02. The second-order valence-corrected chi connectivity index (χ2v) is 1.46. The average molecular weight is 99.1 g/mol. The van der Waals surface area contributed by atoms with E-state index in [-0.39, 0.29) is 0 Å². The van der Waals surface area contributed by atoms with E-state index in [1.54, 1.807) is 0 Å². The van der Waals surface area contributed by atoms with Gasteiger partial charge in [-0.25, -0.2) is 0 Å². The molecule has 0 aromatic heterocycles. The molecule has 0 aromatic carbocycles. The van der Waals surface area contributed by atoms with Gasteiger partial charge in [-0.3, -0.25) is 4.79 Å². The molecule has 7 heavy (non-hydrogen) atoms. The van der Waals surface area contributed by atoms with Crippen molar-refractivity contribution in [3.05, 3.63) is 12.2 Å². The van der Waals surface area contributed by atoms with Gasteiger partial charge in [-0.05, 0) is 6.92 Å². The highest BCUT2D eigenvalue weighted by atomic mass is 16.1. The van der Waals surface area contributed by atoms with Crippen LogP contribution >= 0.6 is 0 Å². The fraction of sp³-hybridized carbons (Fsp3) is 0.400. The lowest BCUT2D eigenvalue weighted by Crippen LogP contribution is -2.12. The second kappa shape index (κ2) is 3.40. The smallest absolute Gasteiger partial charge is 0.207 e. The Hall–Kier alpha value is -0.790. The normalized spacial score (nSPS) is 7.57. The highest BCUT2D eigenvalue weighted by Crippen LogP contribution is 1.77. The Kier molecular flexibility index (Phi) is 3.02. The van der Waals surface area contributed by atoms with Crippen molar-refractivity contribution in [1.82, 2.24) is 5.32 Å². The number of rotatable bonds is 3. The maximum atomic E-state index is 9.56. The molecule has 0 spiro atoms. The standard InChI is InChI=1S/C5H9NO/c1-5(2)3-6-4-7/h4H,1,3H2,2H3,(H,6,7). The fourth-order valence-corrected chi connectivity index (χ4v) is 0.216. The lowest BCUT2D eigenvalue weighted by atomic mass is 10.4. The number of hydrogen-bond donors (Lipinski definition) is 1. The van der Waals surface area contributed by atoms with Gasteiger partial charge in [0.05, 0.1) is 0 Å². The first-order valence-corrected chi connectivity index (χ1v) is 2.09.